The number of ether oxygens (including phenoxy) is 2. The molecule has 0 fully saturated rings. The first-order valence-corrected chi connectivity index (χ1v) is 31.8. The molecule has 0 amide bonds. The predicted octanol–water partition coefficient (Wildman–Crippen LogP) is 19.1. The lowest BCUT2D eigenvalue weighted by Crippen LogP contribution is -2.37. The fourth-order valence-electron chi connectivity index (χ4n) is 7.89. The van der Waals surface area contributed by atoms with Crippen LogP contribution in [0.25, 0.3) is 0 Å². The Kier molecular flexibility index (Phi) is 53.5. The SMILES string of the molecule is CC/C=C\C/C=C\C/C=C\C/C=C\C/C=C\CCCCCCCCCCCCCCCCCCCC(=O)OC(COC(=O)CCCCC/C=C\C/C=C\C/C=C\C/C=C\C/C=C\CC)COP(=O)(O)OCC[N+](C)(C)C. The smallest absolute Gasteiger partial charge is 0.462 e. The van der Waals surface area contributed by atoms with Crippen LogP contribution in [-0.2, 0) is 32.7 Å². The summed E-state index contributed by atoms with van der Waals surface area (Å²) in [5.74, 6) is -0.838. The first kappa shape index (κ1) is 72.4. The minimum Gasteiger partial charge on any atom is -0.462 e. The van der Waals surface area contributed by atoms with E-state index < -0.39 is 32.5 Å². The topological polar surface area (TPSA) is 108 Å². The fourth-order valence-corrected chi connectivity index (χ4v) is 8.63. The van der Waals surface area contributed by atoms with E-state index in [-0.39, 0.29) is 26.1 Å². The van der Waals surface area contributed by atoms with Crippen LogP contribution in [0.5, 0.6) is 0 Å². The van der Waals surface area contributed by atoms with Gasteiger partial charge in [-0.25, -0.2) is 4.57 Å². The molecule has 10 heteroatoms. The van der Waals surface area contributed by atoms with E-state index in [1.165, 1.54) is 89.9 Å². The van der Waals surface area contributed by atoms with Crippen LogP contribution in [0.2, 0.25) is 0 Å². The number of phosphoric ester groups is 1. The summed E-state index contributed by atoms with van der Waals surface area (Å²) >= 11 is 0. The molecule has 0 heterocycles. The Hall–Kier alpha value is -3.59. The molecule has 0 radical (unpaired) electrons. The second-order valence-corrected chi connectivity index (χ2v) is 22.4. The van der Waals surface area contributed by atoms with Gasteiger partial charge in [0, 0.05) is 12.8 Å². The molecular formula is C66H113NO8P+. The number of carbonyl (C=O) groups is 2. The van der Waals surface area contributed by atoms with Crippen LogP contribution in [-0.4, -0.2) is 74.9 Å². The van der Waals surface area contributed by atoms with Crippen LogP contribution < -0.4 is 0 Å². The summed E-state index contributed by atoms with van der Waals surface area (Å²) in [7, 11) is 1.45. The Bertz CT molecular complexity index is 1700. The van der Waals surface area contributed by atoms with Crippen molar-refractivity contribution in [2.24, 2.45) is 0 Å². The van der Waals surface area contributed by atoms with Crippen molar-refractivity contribution in [1.82, 2.24) is 0 Å². The van der Waals surface area contributed by atoms with Gasteiger partial charge in [-0.15, -0.1) is 0 Å². The summed E-state index contributed by atoms with van der Waals surface area (Å²) in [6.07, 6.45) is 80.0. The van der Waals surface area contributed by atoms with Gasteiger partial charge in [0.25, 0.3) is 0 Å². The maximum Gasteiger partial charge on any atom is 0.472 e. The van der Waals surface area contributed by atoms with Gasteiger partial charge in [-0.1, -0.05) is 238 Å². The molecule has 0 aliphatic rings. The van der Waals surface area contributed by atoms with E-state index in [0.29, 0.717) is 23.9 Å². The molecule has 1 N–H and O–H groups in total. The molecule has 0 aromatic rings. The number of nitrogens with zero attached hydrogens (tertiary/aromatic N) is 1. The molecule has 0 saturated carbocycles. The van der Waals surface area contributed by atoms with Crippen molar-refractivity contribution in [3.05, 3.63) is 122 Å². The van der Waals surface area contributed by atoms with Crippen LogP contribution in [0.15, 0.2) is 122 Å². The fraction of sp³-hybridized carbons (Fsp3) is 0.667. The second kappa shape index (κ2) is 56.1. The first-order chi connectivity index (χ1) is 37.0. The largest absolute Gasteiger partial charge is 0.472 e. The third-order valence-electron chi connectivity index (χ3n) is 12.5. The Morgan fingerprint density at radius 3 is 1.07 bits per heavy atom. The van der Waals surface area contributed by atoms with Crippen molar-refractivity contribution in [2.75, 3.05) is 47.5 Å². The number of hydrogen-bond donors (Lipinski definition) is 1. The lowest BCUT2D eigenvalue weighted by molar-refractivity contribution is -0.870. The maximum absolute atomic E-state index is 12.8. The summed E-state index contributed by atoms with van der Waals surface area (Å²) in [6.45, 7) is 4.16. The average Bonchev–Trinajstić information content (AvgIpc) is 3.38. The number of likely N-dealkylation sites (N-methyl/N-ethyl adjacent to an activating group) is 1. The van der Waals surface area contributed by atoms with Crippen LogP contribution in [0.1, 0.15) is 232 Å². The number of quaternary nitrogens is 1. The number of rotatable bonds is 54. The maximum atomic E-state index is 12.8. The van der Waals surface area contributed by atoms with Crippen molar-refractivity contribution in [1.29, 1.82) is 0 Å². The molecular weight excluding hydrogens is 966 g/mol. The molecule has 434 valence electrons. The molecule has 0 aliphatic carbocycles. The van der Waals surface area contributed by atoms with Crippen molar-refractivity contribution in [3.8, 4) is 0 Å². The summed E-state index contributed by atoms with van der Waals surface area (Å²) < 4.78 is 34.5. The van der Waals surface area contributed by atoms with Gasteiger partial charge in [-0.2, -0.15) is 0 Å². The molecule has 2 atom stereocenters. The number of esters is 2. The molecule has 0 aromatic carbocycles. The quantitative estimate of drug-likeness (QED) is 0.0211. The monoisotopic (exact) mass is 1080 g/mol. The Morgan fingerprint density at radius 1 is 0.408 bits per heavy atom. The van der Waals surface area contributed by atoms with Gasteiger partial charge in [0.2, 0.25) is 0 Å². The lowest BCUT2D eigenvalue weighted by Gasteiger charge is -2.24. The highest BCUT2D eigenvalue weighted by molar-refractivity contribution is 7.47. The molecule has 9 nitrogen and oxygen atoms in total. The molecule has 0 rings (SSSR count). The predicted molar refractivity (Wildman–Crippen MR) is 325 cm³/mol. The molecule has 2 unspecified atom stereocenters. The summed E-state index contributed by atoms with van der Waals surface area (Å²) in [6, 6.07) is 0. The normalized spacial score (nSPS) is 14.1. The van der Waals surface area contributed by atoms with Crippen LogP contribution in [0.3, 0.4) is 0 Å². The Labute approximate surface area is 467 Å². The van der Waals surface area contributed by atoms with E-state index in [1.54, 1.807) is 0 Å². The second-order valence-electron chi connectivity index (χ2n) is 21.0. The Balaban J connectivity index is 4.13. The highest BCUT2D eigenvalue weighted by atomic mass is 31.2. The molecule has 0 saturated heterocycles. The van der Waals surface area contributed by atoms with Crippen molar-refractivity contribution in [3.63, 3.8) is 0 Å². The van der Waals surface area contributed by atoms with Gasteiger partial charge < -0.3 is 18.9 Å². The molecule has 76 heavy (non-hydrogen) atoms. The highest BCUT2D eigenvalue weighted by Crippen LogP contribution is 2.43. The number of hydrogen-bond acceptors (Lipinski definition) is 7. The molecule has 0 bridgehead atoms. The summed E-state index contributed by atoms with van der Waals surface area (Å²) in [5.41, 5.74) is 0. The van der Waals surface area contributed by atoms with E-state index in [0.717, 1.165) is 103 Å². The number of unbranched alkanes of at least 4 members (excludes halogenated alkanes) is 20. The minimum absolute atomic E-state index is 0.0209. The number of carbonyl (C=O) groups excluding carboxylic acids is 2. The van der Waals surface area contributed by atoms with Crippen LogP contribution in [0, 0.1) is 0 Å². The highest BCUT2D eigenvalue weighted by Gasteiger charge is 2.27. The van der Waals surface area contributed by atoms with Crippen LogP contribution in [0.4, 0.5) is 0 Å². The first-order valence-electron chi connectivity index (χ1n) is 30.3. The van der Waals surface area contributed by atoms with Gasteiger partial charge in [0.15, 0.2) is 6.10 Å². The van der Waals surface area contributed by atoms with E-state index in [9.17, 15) is 19.0 Å². The van der Waals surface area contributed by atoms with Gasteiger partial charge >= 0.3 is 19.8 Å². The Morgan fingerprint density at radius 2 is 0.711 bits per heavy atom. The molecule has 0 aliphatic heterocycles. The van der Waals surface area contributed by atoms with Gasteiger partial charge in [-0.3, -0.25) is 18.6 Å². The zero-order valence-electron chi connectivity index (χ0n) is 49.2. The standard InChI is InChI=1S/C66H112NO8P/c1-6-8-10-12-14-16-18-20-22-24-26-27-28-29-30-31-32-33-34-35-36-37-38-39-41-43-45-47-49-51-53-55-57-59-66(69)75-64(63-74-76(70,71)73-61-60-67(3,4)5)62-72-65(68)58-56-54-52-50-48-46-44-42-40-25-23-21-19-17-15-13-11-9-7-2/h8-11,14-17,20-23,26-27,29-30,40,42,46,48,64H,6-7,12-13,18-19,24-25,28,31-39,41,43-45,47,49-63H2,1-5H3/p+1/b10-8-,11-9-,16-14-,17-15-,22-20-,23-21-,27-26-,30-29-,42-40-,48-46-. The van der Waals surface area contributed by atoms with Crippen molar-refractivity contribution in [2.45, 2.75) is 238 Å². The van der Waals surface area contributed by atoms with E-state index in [2.05, 4.69) is 135 Å². The average molecular weight is 1080 g/mol. The van der Waals surface area contributed by atoms with Crippen molar-refractivity contribution >= 4 is 19.8 Å². The van der Waals surface area contributed by atoms with Gasteiger partial charge in [-0.05, 0) is 103 Å². The zero-order valence-corrected chi connectivity index (χ0v) is 50.1. The number of phosphoric acid groups is 1. The van der Waals surface area contributed by atoms with Gasteiger partial charge in [0.1, 0.15) is 19.8 Å². The lowest BCUT2D eigenvalue weighted by atomic mass is 10.0. The van der Waals surface area contributed by atoms with E-state index in [4.69, 9.17) is 18.5 Å². The van der Waals surface area contributed by atoms with Gasteiger partial charge in [0.05, 0.1) is 27.7 Å². The van der Waals surface area contributed by atoms with E-state index in [1.807, 2.05) is 21.1 Å². The van der Waals surface area contributed by atoms with Crippen molar-refractivity contribution < 1.29 is 42.1 Å². The van der Waals surface area contributed by atoms with E-state index >= 15 is 0 Å². The minimum atomic E-state index is -4.40. The zero-order chi connectivity index (χ0) is 55.6. The summed E-state index contributed by atoms with van der Waals surface area (Å²) in [4.78, 5) is 35.7. The summed E-state index contributed by atoms with van der Waals surface area (Å²) in [5, 5.41) is 0. The molecule has 0 spiro atoms. The third-order valence-corrected chi connectivity index (χ3v) is 13.5. The third kappa shape index (κ3) is 59.7. The molecule has 0 aromatic heterocycles. The number of allylic oxidation sites excluding steroid dienone is 20. The van der Waals surface area contributed by atoms with Crippen LogP contribution >= 0.6 is 7.82 Å².